The summed E-state index contributed by atoms with van der Waals surface area (Å²) in [6, 6.07) is 14.7. The van der Waals surface area contributed by atoms with Crippen LogP contribution < -0.4 is 20.1 Å². The van der Waals surface area contributed by atoms with Crippen LogP contribution in [-0.4, -0.2) is 76.9 Å². The number of benzene rings is 3. The number of nitrogens with zero attached hydrogens (tertiary/aromatic N) is 4. The van der Waals surface area contributed by atoms with E-state index in [4.69, 9.17) is 19.4 Å². The molecule has 0 radical (unpaired) electrons. The van der Waals surface area contributed by atoms with E-state index in [1.165, 1.54) is 23.8 Å². The standard InChI is InChI=1S/C44H52BrFN6O5/c1-27(30-11-10-12-32(45)21-30)47-42-35-24-39(56-3)40(25-37(35)48-28(2)49-42)57-20-9-7-5-4-6-8-17-51-18-15-29(16-19-51)33-22-31-26-52(44(55)34(31)23-36(33)46)38-13-14-41(53)50-43(38)54/h10-12,21-25,27,29,38H,4-9,13-20,26H2,1-3H3,(H,47,48,49)(H,50,53,54)/t27-,38?/m1/s1. The van der Waals surface area contributed by atoms with Gasteiger partial charge in [0.25, 0.3) is 5.91 Å². The molecule has 3 aromatic carbocycles. The second-order valence-electron chi connectivity index (χ2n) is 15.6. The maximum Gasteiger partial charge on any atom is 0.255 e. The van der Waals surface area contributed by atoms with Crippen molar-refractivity contribution in [3.05, 3.63) is 86.9 Å². The number of fused-ring (bicyclic) bond motifs is 2. The fraction of sp³-hybridized carbons (Fsp3) is 0.477. The van der Waals surface area contributed by atoms with Gasteiger partial charge >= 0.3 is 0 Å². The number of unbranched alkanes of at least 4 members (excludes halogenated alkanes) is 5. The van der Waals surface area contributed by atoms with Gasteiger partial charge in [-0.25, -0.2) is 14.4 Å². The van der Waals surface area contributed by atoms with Gasteiger partial charge in [0.05, 0.1) is 25.3 Å². The maximum absolute atomic E-state index is 15.4. The lowest BCUT2D eigenvalue weighted by atomic mass is 9.87. The Morgan fingerprint density at radius 2 is 1.74 bits per heavy atom. The molecule has 57 heavy (non-hydrogen) atoms. The van der Waals surface area contributed by atoms with Crippen molar-refractivity contribution >= 4 is 50.4 Å². The molecular formula is C44H52BrFN6O5. The number of carbonyl (C=O) groups is 3. The molecule has 0 spiro atoms. The molecule has 2 saturated heterocycles. The monoisotopic (exact) mass is 842 g/mol. The molecule has 3 amide bonds. The van der Waals surface area contributed by atoms with E-state index in [-0.39, 0.29) is 42.6 Å². The van der Waals surface area contributed by atoms with Crippen LogP contribution in [0.25, 0.3) is 10.9 Å². The predicted octanol–water partition coefficient (Wildman–Crippen LogP) is 8.38. The summed E-state index contributed by atoms with van der Waals surface area (Å²) < 4.78 is 28.3. The van der Waals surface area contributed by atoms with Crippen LogP contribution in [0, 0.1) is 12.7 Å². The first kappa shape index (κ1) is 40.6. The summed E-state index contributed by atoms with van der Waals surface area (Å²) in [5.41, 5.74) is 3.71. The number of aryl methyl sites for hydroxylation is 1. The molecule has 0 saturated carbocycles. The Morgan fingerprint density at radius 3 is 2.49 bits per heavy atom. The Labute approximate surface area is 342 Å². The Bertz CT molecular complexity index is 2120. The number of imide groups is 1. The minimum atomic E-state index is -0.700. The third-order valence-electron chi connectivity index (χ3n) is 11.6. The second kappa shape index (κ2) is 18.3. The Balaban J connectivity index is 0.806. The van der Waals surface area contributed by atoms with Crippen molar-refractivity contribution in [3.63, 3.8) is 0 Å². The fourth-order valence-electron chi connectivity index (χ4n) is 8.41. The van der Waals surface area contributed by atoms with Crippen molar-refractivity contribution in [2.45, 2.75) is 103 Å². The first-order valence-electron chi connectivity index (χ1n) is 20.3. The van der Waals surface area contributed by atoms with E-state index in [1.807, 2.05) is 37.3 Å². The van der Waals surface area contributed by atoms with Crippen LogP contribution in [0.1, 0.15) is 116 Å². The number of piperidine rings is 2. The van der Waals surface area contributed by atoms with Crippen LogP contribution in [-0.2, 0) is 16.1 Å². The van der Waals surface area contributed by atoms with E-state index in [2.05, 4.69) is 50.5 Å². The number of aromatic nitrogens is 2. The number of amides is 3. The highest BCUT2D eigenvalue weighted by molar-refractivity contribution is 9.10. The molecule has 11 nitrogen and oxygen atoms in total. The average Bonchev–Trinajstić information content (AvgIpc) is 3.50. The van der Waals surface area contributed by atoms with Crippen LogP contribution in [0.4, 0.5) is 10.2 Å². The zero-order valence-electron chi connectivity index (χ0n) is 33.0. The minimum Gasteiger partial charge on any atom is -0.493 e. The lowest BCUT2D eigenvalue weighted by molar-refractivity contribution is -0.136. The fourth-order valence-corrected chi connectivity index (χ4v) is 8.83. The van der Waals surface area contributed by atoms with Gasteiger partial charge in [-0.05, 0) is 112 Å². The number of anilines is 1. The third-order valence-corrected chi connectivity index (χ3v) is 12.1. The Kier molecular flexibility index (Phi) is 13.0. The lowest BCUT2D eigenvalue weighted by Crippen LogP contribution is -2.52. The van der Waals surface area contributed by atoms with E-state index in [1.54, 1.807) is 7.11 Å². The van der Waals surface area contributed by atoms with Crippen molar-refractivity contribution in [2.24, 2.45) is 0 Å². The Hall–Kier alpha value is -4.62. The highest BCUT2D eigenvalue weighted by Gasteiger charge is 2.40. The summed E-state index contributed by atoms with van der Waals surface area (Å²) in [5.74, 6) is 1.41. The number of methoxy groups -OCH3 is 1. The molecular weight excluding hydrogens is 791 g/mol. The molecule has 2 fully saturated rings. The van der Waals surface area contributed by atoms with Crippen LogP contribution in [0.15, 0.2) is 53.0 Å². The highest BCUT2D eigenvalue weighted by Crippen LogP contribution is 2.37. The van der Waals surface area contributed by atoms with E-state index < -0.39 is 11.9 Å². The highest BCUT2D eigenvalue weighted by atomic mass is 79.9. The molecule has 302 valence electrons. The van der Waals surface area contributed by atoms with E-state index in [9.17, 15) is 14.4 Å². The molecule has 7 rings (SSSR count). The van der Waals surface area contributed by atoms with Crippen molar-refractivity contribution in [1.82, 2.24) is 25.1 Å². The normalized spacial score (nSPS) is 18.2. The number of likely N-dealkylation sites (tertiary alicyclic amines) is 1. The van der Waals surface area contributed by atoms with Crippen LogP contribution in [0.5, 0.6) is 11.5 Å². The zero-order chi connectivity index (χ0) is 40.1. The number of hydrogen-bond donors (Lipinski definition) is 2. The van der Waals surface area contributed by atoms with Crippen molar-refractivity contribution in [3.8, 4) is 11.5 Å². The van der Waals surface area contributed by atoms with Crippen LogP contribution >= 0.6 is 15.9 Å². The van der Waals surface area contributed by atoms with Crippen LogP contribution in [0.3, 0.4) is 0 Å². The van der Waals surface area contributed by atoms with Gasteiger partial charge in [0.2, 0.25) is 11.8 Å². The minimum absolute atomic E-state index is 0.0362. The Morgan fingerprint density at radius 1 is 0.965 bits per heavy atom. The molecule has 1 aromatic heterocycles. The van der Waals surface area contributed by atoms with Gasteiger partial charge in [-0.15, -0.1) is 0 Å². The molecule has 2 N–H and O–H groups in total. The maximum atomic E-state index is 15.4. The molecule has 13 heteroatoms. The number of carbonyl (C=O) groups excluding carboxylic acids is 3. The summed E-state index contributed by atoms with van der Waals surface area (Å²) in [5, 5.41) is 6.76. The smallest absolute Gasteiger partial charge is 0.255 e. The van der Waals surface area contributed by atoms with E-state index in [0.29, 0.717) is 41.5 Å². The summed E-state index contributed by atoms with van der Waals surface area (Å²) in [4.78, 5) is 50.4. The molecule has 4 aromatic rings. The lowest BCUT2D eigenvalue weighted by Gasteiger charge is -2.32. The van der Waals surface area contributed by atoms with Crippen LogP contribution in [0.2, 0.25) is 0 Å². The third kappa shape index (κ3) is 9.58. The van der Waals surface area contributed by atoms with Gasteiger partial charge in [-0.1, -0.05) is 59.8 Å². The topological polar surface area (TPSA) is 126 Å². The second-order valence-corrected chi connectivity index (χ2v) is 16.5. The molecule has 1 unspecified atom stereocenters. The average molecular weight is 844 g/mol. The van der Waals surface area contributed by atoms with Gasteiger partial charge in [0.1, 0.15) is 23.5 Å². The molecule has 3 aliphatic heterocycles. The molecule has 2 atom stereocenters. The predicted molar refractivity (Wildman–Crippen MR) is 221 cm³/mol. The summed E-state index contributed by atoms with van der Waals surface area (Å²) in [6.45, 7) is 7.77. The molecule has 0 aliphatic carbocycles. The van der Waals surface area contributed by atoms with Gasteiger partial charge in [0.15, 0.2) is 11.5 Å². The number of ether oxygens (including phenoxy) is 2. The van der Waals surface area contributed by atoms with Gasteiger partial charge in [-0.2, -0.15) is 0 Å². The van der Waals surface area contributed by atoms with E-state index in [0.717, 1.165) is 90.5 Å². The van der Waals surface area contributed by atoms with Gasteiger partial charge in [0, 0.05) is 34.5 Å². The molecule has 4 heterocycles. The number of halogens is 2. The number of nitrogens with one attached hydrogen (secondary N) is 2. The number of hydrogen-bond acceptors (Lipinski definition) is 9. The largest absolute Gasteiger partial charge is 0.493 e. The van der Waals surface area contributed by atoms with Gasteiger partial charge < -0.3 is 24.6 Å². The molecule has 3 aliphatic rings. The van der Waals surface area contributed by atoms with Crippen molar-refractivity contribution in [2.75, 3.05) is 38.7 Å². The quantitative estimate of drug-likeness (QED) is 0.0846. The SMILES string of the molecule is COc1cc2c(N[C@H](C)c3cccc(Br)c3)nc(C)nc2cc1OCCCCCCCCN1CCC(c2cc3c(cc2F)C(=O)N(C2CCC(=O)NC2=O)C3)CC1. The zero-order valence-corrected chi connectivity index (χ0v) is 34.6. The molecule has 0 bridgehead atoms. The first-order valence-corrected chi connectivity index (χ1v) is 21.1. The summed E-state index contributed by atoms with van der Waals surface area (Å²) in [6.07, 6.45) is 8.92. The van der Waals surface area contributed by atoms with Gasteiger partial charge in [-0.3, -0.25) is 19.7 Å². The van der Waals surface area contributed by atoms with E-state index >= 15 is 4.39 Å². The first-order chi connectivity index (χ1) is 27.6. The number of rotatable bonds is 16. The van der Waals surface area contributed by atoms with Crippen molar-refractivity contribution < 1.29 is 28.2 Å². The summed E-state index contributed by atoms with van der Waals surface area (Å²) >= 11 is 3.57. The summed E-state index contributed by atoms with van der Waals surface area (Å²) in [7, 11) is 1.65. The van der Waals surface area contributed by atoms with Crippen molar-refractivity contribution in [1.29, 1.82) is 0 Å².